The lowest BCUT2D eigenvalue weighted by molar-refractivity contribution is -0.122. The van der Waals surface area contributed by atoms with E-state index in [1.54, 1.807) is 24.3 Å². The number of halogens is 1. The summed E-state index contributed by atoms with van der Waals surface area (Å²) in [5, 5.41) is 11.7. The Morgan fingerprint density at radius 3 is 2.40 bits per heavy atom. The number of anilines is 1. The van der Waals surface area contributed by atoms with Crippen LogP contribution in [0.25, 0.3) is 5.83 Å². The number of thiocarbonyl (C=S) groups is 1. The van der Waals surface area contributed by atoms with Gasteiger partial charge in [0, 0.05) is 23.2 Å². The molecule has 1 atom stereocenters. The topological polar surface area (TPSA) is 108 Å². The van der Waals surface area contributed by atoms with Crippen LogP contribution in [0.2, 0.25) is 0 Å². The number of nitrogens with two attached hydrogens (primary N) is 1. The van der Waals surface area contributed by atoms with Gasteiger partial charge < -0.3 is 10.8 Å². The highest BCUT2D eigenvalue weighted by Crippen LogP contribution is 2.28. The van der Waals surface area contributed by atoms with E-state index in [1.807, 2.05) is 0 Å². The Morgan fingerprint density at radius 2 is 1.80 bits per heavy atom. The van der Waals surface area contributed by atoms with Gasteiger partial charge in [-0.05, 0) is 67.2 Å². The molecule has 1 aliphatic heterocycles. The Balaban J connectivity index is 1.72. The molecule has 1 fully saturated rings. The van der Waals surface area contributed by atoms with Crippen molar-refractivity contribution in [2.75, 3.05) is 4.90 Å². The van der Waals surface area contributed by atoms with E-state index in [1.165, 1.54) is 29.2 Å². The minimum atomic E-state index is -0.778. The Morgan fingerprint density at radius 1 is 1.20 bits per heavy atom. The van der Waals surface area contributed by atoms with Crippen molar-refractivity contribution in [2.45, 2.75) is 18.9 Å². The highest BCUT2D eigenvalue weighted by Gasteiger charge is 2.37. The van der Waals surface area contributed by atoms with Crippen LogP contribution in [0.4, 0.5) is 10.1 Å². The summed E-state index contributed by atoms with van der Waals surface area (Å²) in [5.74, 6) is -1.15. The third kappa shape index (κ3) is 4.69. The zero-order valence-electron chi connectivity index (χ0n) is 15.8. The summed E-state index contributed by atoms with van der Waals surface area (Å²) in [4.78, 5) is 30.4. The minimum Gasteiger partial charge on any atom is -0.508 e. The molecule has 154 valence electrons. The van der Waals surface area contributed by atoms with Crippen LogP contribution < -0.4 is 16.0 Å². The molecule has 0 radical (unpaired) electrons. The summed E-state index contributed by atoms with van der Waals surface area (Å²) in [7, 11) is 0. The van der Waals surface area contributed by atoms with Gasteiger partial charge in [-0.15, -0.1) is 0 Å². The number of aliphatic imine (C=N–C) groups is 1. The second kappa shape index (κ2) is 8.83. The van der Waals surface area contributed by atoms with Gasteiger partial charge in [-0.25, -0.2) is 9.38 Å². The summed E-state index contributed by atoms with van der Waals surface area (Å²) in [6, 6.07) is 11.3. The number of nitrogens with zero attached hydrogens (tertiary/aromatic N) is 2. The number of hydrogen-bond acceptors (Lipinski definition) is 4. The molecule has 0 saturated carbocycles. The van der Waals surface area contributed by atoms with Crippen molar-refractivity contribution in [1.29, 1.82) is 0 Å². The van der Waals surface area contributed by atoms with Crippen LogP contribution in [0.1, 0.15) is 24.0 Å². The average Bonchev–Trinajstić information content (AvgIpc) is 3.10. The van der Waals surface area contributed by atoms with Gasteiger partial charge in [0.2, 0.25) is 16.9 Å². The van der Waals surface area contributed by atoms with E-state index in [0.29, 0.717) is 23.2 Å². The number of carbonyl (C=O) groups excluding carboxylic acids is 2. The Hall–Kier alpha value is -3.59. The van der Waals surface area contributed by atoms with E-state index in [0.717, 1.165) is 0 Å². The zero-order chi connectivity index (χ0) is 21.8. The first-order valence-corrected chi connectivity index (χ1v) is 9.42. The van der Waals surface area contributed by atoms with Crippen LogP contribution in [0.5, 0.6) is 5.75 Å². The van der Waals surface area contributed by atoms with Crippen molar-refractivity contribution in [3.05, 3.63) is 66.2 Å². The number of hydrogen-bond donors (Lipinski definition) is 3. The molecular formula is C21H19FN4O3S. The van der Waals surface area contributed by atoms with Gasteiger partial charge in [0.15, 0.2) is 0 Å². The third-order valence-corrected chi connectivity index (χ3v) is 4.78. The Kier molecular flexibility index (Phi) is 6.22. The van der Waals surface area contributed by atoms with E-state index in [4.69, 9.17) is 18.0 Å². The van der Waals surface area contributed by atoms with Gasteiger partial charge in [-0.1, -0.05) is 6.58 Å². The van der Waals surface area contributed by atoms with Crippen molar-refractivity contribution in [2.24, 2.45) is 10.7 Å². The lowest BCUT2D eigenvalue weighted by atomic mass is 10.1. The van der Waals surface area contributed by atoms with Gasteiger partial charge in [0.1, 0.15) is 23.5 Å². The van der Waals surface area contributed by atoms with E-state index in [9.17, 15) is 19.1 Å². The van der Waals surface area contributed by atoms with E-state index < -0.39 is 17.8 Å². The third-order valence-electron chi connectivity index (χ3n) is 4.59. The SMILES string of the molecule is C=C(F)c1ccc(N2C(=O)CCC2C(=O)NC(=S)N=C(N)c2ccc(O)cc2)cc1. The van der Waals surface area contributed by atoms with Crippen LogP contribution in [-0.2, 0) is 9.59 Å². The highest BCUT2D eigenvalue weighted by atomic mass is 32.1. The van der Waals surface area contributed by atoms with Gasteiger partial charge in [-0.2, -0.15) is 0 Å². The van der Waals surface area contributed by atoms with Crippen LogP contribution >= 0.6 is 12.2 Å². The lowest BCUT2D eigenvalue weighted by Crippen LogP contribution is -2.46. The largest absolute Gasteiger partial charge is 0.508 e. The molecule has 1 aliphatic rings. The number of phenols is 1. The van der Waals surface area contributed by atoms with Gasteiger partial charge in [-0.3, -0.25) is 19.8 Å². The lowest BCUT2D eigenvalue weighted by Gasteiger charge is -2.24. The fourth-order valence-electron chi connectivity index (χ4n) is 3.08. The molecule has 0 spiro atoms. The number of carbonyl (C=O) groups is 2. The first-order valence-electron chi connectivity index (χ1n) is 9.01. The Bertz CT molecular complexity index is 1040. The molecule has 30 heavy (non-hydrogen) atoms. The highest BCUT2D eigenvalue weighted by molar-refractivity contribution is 7.80. The van der Waals surface area contributed by atoms with E-state index in [-0.39, 0.29) is 29.0 Å². The molecule has 1 saturated heterocycles. The molecule has 2 aromatic rings. The summed E-state index contributed by atoms with van der Waals surface area (Å²) in [6.07, 6.45) is 0.503. The molecule has 0 aliphatic carbocycles. The maximum absolute atomic E-state index is 13.2. The van der Waals surface area contributed by atoms with Crippen LogP contribution in [0.3, 0.4) is 0 Å². The monoisotopic (exact) mass is 426 g/mol. The molecule has 0 bridgehead atoms. The molecule has 2 aromatic carbocycles. The first kappa shape index (κ1) is 21.1. The molecule has 9 heteroatoms. The maximum atomic E-state index is 13.2. The number of nitrogens with one attached hydrogen (secondary N) is 1. The number of amides is 2. The molecular weight excluding hydrogens is 407 g/mol. The van der Waals surface area contributed by atoms with Crippen LogP contribution in [0, 0.1) is 0 Å². The molecule has 3 rings (SSSR count). The summed E-state index contributed by atoms with van der Waals surface area (Å²) < 4.78 is 13.2. The van der Waals surface area contributed by atoms with Gasteiger partial charge in [0.25, 0.3) is 0 Å². The number of phenolic OH excluding ortho intramolecular Hbond substituents is 1. The predicted octanol–water partition coefficient (Wildman–Crippen LogP) is 2.63. The second-order valence-electron chi connectivity index (χ2n) is 6.61. The van der Waals surface area contributed by atoms with E-state index >= 15 is 0 Å². The maximum Gasteiger partial charge on any atom is 0.249 e. The van der Waals surface area contributed by atoms with Crippen LogP contribution in [-0.4, -0.2) is 33.9 Å². The molecule has 0 aromatic heterocycles. The standard InChI is InChI=1S/C21H19FN4O3S/c1-12(22)13-2-6-15(7-3-13)26-17(10-11-18(26)28)20(29)25-21(30)24-19(23)14-4-8-16(27)9-5-14/h2-9,17,27H,1,10-11H2,(H3,23,24,25,29,30). The zero-order valence-corrected chi connectivity index (χ0v) is 16.7. The molecule has 7 nitrogen and oxygen atoms in total. The first-order chi connectivity index (χ1) is 14.3. The minimum absolute atomic E-state index is 0.0710. The van der Waals surface area contributed by atoms with Gasteiger partial charge in [0.05, 0.1) is 0 Å². The predicted molar refractivity (Wildman–Crippen MR) is 117 cm³/mol. The van der Waals surface area contributed by atoms with Crippen molar-refractivity contribution >= 4 is 46.5 Å². The van der Waals surface area contributed by atoms with Crippen molar-refractivity contribution in [3.63, 3.8) is 0 Å². The summed E-state index contributed by atoms with van der Waals surface area (Å²) in [6.45, 7) is 3.23. The fraction of sp³-hybridized carbons (Fsp3) is 0.143. The number of rotatable bonds is 4. The number of aromatic hydroxyl groups is 1. The molecule has 1 heterocycles. The summed E-state index contributed by atoms with van der Waals surface area (Å²) >= 11 is 5.09. The van der Waals surface area contributed by atoms with Crippen LogP contribution in [0.15, 0.2) is 60.1 Å². The van der Waals surface area contributed by atoms with Crippen molar-refractivity contribution in [3.8, 4) is 5.75 Å². The van der Waals surface area contributed by atoms with Gasteiger partial charge >= 0.3 is 0 Å². The van der Waals surface area contributed by atoms with Crippen molar-refractivity contribution in [1.82, 2.24) is 5.32 Å². The number of amidine groups is 1. The van der Waals surface area contributed by atoms with E-state index in [2.05, 4.69) is 16.9 Å². The second-order valence-corrected chi connectivity index (χ2v) is 7.00. The quantitative estimate of drug-likeness (QED) is 0.396. The normalized spacial score (nSPS) is 16.4. The molecule has 2 amide bonds. The Labute approximate surface area is 177 Å². The van der Waals surface area contributed by atoms with Crippen molar-refractivity contribution < 1.29 is 19.1 Å². The molecule has 4 N–H and O–H groups in total. The summed E-state index contributed by atoms with van der Waals surface area (Å²) in [5.41, 5.74) is 7.18. The number of benzene rings is 2. The smallest absolute Gasteiger partial charge is 0.249 e. The molecule has 1 unspecified atom stereocenters. The fourth-order valence-corrected chi connectivity index (χ4v) is 3.28. The average molecular weight is 426 g/mol.